The molecule has 0 unspecified atom stereocenters. The number of aromatic nitrogens is 2. The predicted molar refractivity (Wildman–Crippen MR) is 109 cm³/mol. The van der Waals surface area contributed by atoms with E-state index in [4.69, 9.17) is 0 Å². The van der Waals surface area contributed by atoms with Gasteiger partial charge in [-0.3, -0.25) is 24.2 Å². The number of nitrogens with zero attached hydrogens (tertiary/aromatic N) is 1. The minimum Gasteiger partial charge on any atom is -0.322 e. The Bertz CT molecular complexity index is 1350. The van der Waals surface area contributed by atoms with Crippen LogP contribution in [0.2, 0.25) is 0 Å². The number of imide groups is 1. The number of nitrogens with one attached hydrogen (secondary N) is 3. The number of hydrogen-bond acceptors (Lipinski definition) is 5. The molecule has 3 amide bonds. The van der Waals surface area contributed by atoms with E-state index in [0.29, 0.717) is 10.6 Å². The number of carbonyl (C=O) groups excluding carboxylic acids is 3. The van der Waals surface area contributed by atoms with Gasteiger partial charge in [-0.25, -0.2) is 9.69 Å². The van der Waals surface area contributed by atoms with Crippen molar-refractivity contribution in [3.63, 3.8) is 0 Å². The summed E-state index contributed by atoms with van der Waals surface area (Å²) in [5, 5.41) is 2.80. The molecule has 0 spiro atoms. The van der Waals surface area contributed by atoms with Crippen molar-refractivity contribution >= 4 is 29.1 Å². The quantitative estimate of drug-likeness (QED) is 0.572. The van der Waals surface area contributed by atoms with E-state index in [1.165, 1.54) is 18.2 Å². The third kappa shape index (κ3) is 3.12. The van der Waals surface area contributed by atoms with Gasteiger partial charge >= 0.3 is 5.69 Å². The van der Waals surface area contributed by atoms with E-state index in [1.54, 1.807) is 0 Å². The standard InChI is InChI=1S/C21H16N4O5/c1-10-3-4-11(2)15(7-10)23-17(26)12-5-6-13-14(8-12)20(29)25(19(13)28)16-9-22-21(30)24-18(16)27/h3-9H,1-2H3,(H,23,26)(H2,22,24,27,30). The van der Waals surface area contributed by atoms with E-state index in [1.807, 2.05) is 37.0 Å². The van der Waals surface area contributed by atoms with Crippen molar-refractivity contribution in [1.29, 1.82) is 0 Å². The van der Waals surface area contributed by atoms with Crippen molar-refractivity contribution in [1.82, 2.24) is 9.97 Å². The van der Waals surface area contributed by atoms with Gasteiger partial charge in [0.05, 0.1) is 11.1 Å². The summed E-state index contributed by atoms with van der Waals surface area (Å²) in [5.74, 6) is -1.91. The van der Waals surface area contributed by atoms with Crippen molar-refractivity contribution in [2.75, 3.05) is 10.2 Å². The van der Waals surface area contributed by atoms with E-state index >= 15 is 0 Å². The first-order valence-corrected chi connectivity index (χ1v) is 8.99. The number of H-pyrrole nitrogens is 2. The summed E-state index contributed by atoms with van der Waals surface area (Å²) in [6, 6.07) is 9.76. The van der Waals surface area contributed by atoms with Crippen LogP contribution in [0.3, 0.4) is 0 Å². The highest BCUT2D eigenvalue weighted by Crippen LogP contribution is 2.27. The molecule has 0 saturated heterocycles. The SMILES string of the molecule is Cc1ccc(C)c(NC(=O)c2ccc3c(c2)C(=O)N(c2c[nH]c(=O)[nH]c2=O)C3=O)c1. The first-order chi connectivity index (χ1) is 14.3. The van der Waals surface area contributed by atoms with Gasteiger partial charge in [0.2, 0.25) is 0 Å². The Labute approximate surface area is 169 Å². The van der Waals surface area contributed by atoms with Gasteiger partial charge in [0.1, 0.15) is 5.69 Å². The Balaban J connectivity index is 1.68. The highest BCUT2D eigenvalue weighted by Gasteiger charge is 2.38. The monoisotopic (exact) mass is 404 g/mol. The second-order valence-electron chi connectivity index (χ2n) is 6.94. The number of aryl methyl sites for hydroxylation is 2. The molecule has 1 aliphatic rings. The lowest BCUT2D eigenvalue weighted by Crippen LogP contribution is -2.36. The summed E-state index contributed by atoms with van der Waals surface area (Å²) in [5.41, 5.74) is 0.816. The Morgan fingerprint density at radius 3 is 2.40 bits per heavy atom. The summed E-state index contributed by atoms with van der Waals surface area (Å²) >= 11 is 0. The van der Waals surface area contributed by atoms with Gasteiger partial charge in [0.25, 0.3) is 23.3 Å². The lowest BCUT2D eigenvalue weighted by Gasteiger charge is -2.11. The first kappa shape index (κ1) is 19.1. The lowest BCUT2D eigenvalue weighted by atomic mass is 10.0. The topological polar surface area (TPSA) is 132 Å². The van der Waals surface area contributed by atoms with Crippen LogP contribution in [0.4, 0.5) is 11.4 Å². The maximum absolute atomic E-state index is 12.8. The number of anilines is 2. The van der Waals surface area contributed by atoms with Crippen LogP contribution in [0.1, 0.15) is 42.2 Å². The maximum atomic E-state index is 12.8. The molecule has 4 rings (SSSR count). The second-order valence-corrected chi connectivity index (χ2v) is 6.94. The van der Waals surface area contributed by atoms with Crippen LogP contribution in [0.5, 0.6) is 0 Å². The number of fused-ring (bicyclic) bond motifs is 1. The molecule has 0 bridgehead atoms. The molecular weight excluding hydrogens is 388 g/mol. The molecule has 2 heterocycles. The smallest absolute Gasteiger partial charge is 0.322 e. The van der Waals surface area contributed by atoms with Crippen LogP contribution >= 0.6 is 0 Å². The lowest BCUT2D eigenvalue weighted by molar-refractivity contribution is 0.0924. The van der Waals surface area contributed by atoms with Crippen molar-refractivity contribution < 1.29 is 14.4 Å². The van der Waals surface area contributed by atoms with Crippen molar-refractivity contribution in [2.45, 2.75) is 13.8 Å². The number of carbonyl (C=O) groups is 3. The molecule has 0 fully saturated rings. The van der Waals surface area contributed by atoms with Crippen molar-refractivity contribution in [3.8, 4) is 0 Å². The molecular formula is C21H16N4O5. The molecule has 3 N–H and O–H groups in total. The van der Waals surface area contributed by atoms with Crippen LogP contribution in [0.15, 0.2) is 52.2 Å². The Kier molecular flexibility index (Phi) is 4.42. The summed E-state index contributed by atoms with van der Waals surface area (Å²) in [7, 11) is 0. The summed E-state index contributed by atoms with van der Waals surface area (Å²) < 4.78 is 0. The largest absolute Gasteiger partial charge is 0.325 e. The normalized spacial score (nSPS) is 12.8. The van der Waals surface area contributed by atoms with E-state index in [0.717, 1.165) is 17.3 Å². The summed E-state index contributed by atoms with van der Waals surface area (Å²) in [6.07, 6.45) is 0.997. The zero-order valence-corrected chi connectivity index (χ0v) is 16.0. The van der Waals surface area contributed by atoms with Gasteiger partial charge < -0.3 is 10.3 Å². The van der Waals surface area contributed by atoms with Crippen LogP contribution < -0.4 is 21.5 Å². The van der Waals surface area contributed by atoms with Crippen molar-refractivity contribution in [2.24, 2.45) is 0 Å². The number of hydrogen-bond donors (Lipinski definition) is 3. The average molecular weight is 404 g/mol. The van der Waals surface area contributed by atoms with Gasteiger partial charge in [0.15, 0.2) is 0 Å². The van der Waals surface area contributed by atoms with Crippen LogP contribution in [-0.2, 0) is 0 Å². The molecule has 0 saturated carbocycles. The molecule has 1 aromatic heterocycles. The molecule has 2 aromatic carbocycles. The molecule has 0 aliphatic carbocycles. The molecule has 0 radical (unpaired) electrons. The summed E-state index contributed by atoms with van der Waals surface area (Å²) in [6.45, 7) is 3.77. The minimum atomic E-state index is -0.874. The first-order valence-electron chi connectivity index (χ1n) is 8.99. The van der Waals surface area contributed by atoms with E-state index < -0.39 is 29.0 Å². The number of benzene rings is 2. The number of amides is 3. The fourth-order valence-corrected chi connectivity index (χ4v) is 3.23. The molecule has 150 valence electrons. The minimum absolute atomic E-state index is 0.000728. The van der Waals surface area contributed by atoms with Gasteiger partial charge in [-0.2, -0.15) is 0 Å². The number of aromatic amines is 2. The zero-order valence-electron chi connectivity index (χ0n) is 16.0. The maximum Gasteiger partial charge on any atom is 0.325 e. The van der Waals surface area contributed by atoms with Crippen molar-refractivity contribution in [3.05, 3.63) is 91.3 Å². The summed E-state index contributed by atoms with van der Waals surface area (Å²) in [4.78, 5) is 66.3. The molecule has 30 heavy (non-hydrogen) atoms. The van der Waals surface area contributed by atoms with Crippen LogP contribution in [0, 0.1) is 13.8 Å². The van der Waals surface area contributed by atoms with E-state index in [9.17, 15) is 24.0 Å². The predicted octanol–water partition coefficient (Wildman–Crippen LogP) is 1.73. The van der Waals surface area contributed by atoms with E-state index in [2.05, 4.69) is 10.3 Å². The Hall–Kier alpha value is -4.27. The third-order valence-corrected chi connectivity index (χ3v) is 4.83. The highest BCUT2D eigenvalue weighted by atomic mass is 16.2. The Morgan fingerprint density at radius 2 is 1.67 bits per heavy atom. The van der Waals surface area contributed by atoms with Gasteiger partial charge in [-0.15, -0.1) is 0 Å². The zero-order chi connectivity index (χ0) is 21.6. The van der Waals surface area contributed by atoms with Crippen LogP contribution in [0.25, 0.3) is 0 Å². The number of rotatable bonds is 3. The van der Waals surface area contributed by atoms with Crippen LogP contribution in [-0.4, -0.2) is 27.7 Å². The fraction of sp³-hybridized carbons (Fsp3) is 0.0952. The van der Waals surface area contributed by atoms with Gasteiger partial charge in [-0.1, -0.05) is 12.1 Å². The molecule has 9 nitrogen and oxygen atoms in total. The average Bonchev–Trinajstić information content (AvgIpc) is 2.95. The highest BCUT2D eigenvalue weighted by molar-refractivity contribution is 6.34. The third-order valence-electron chi connectivity index (χ3n) is 4.83. The molecule has 1 aliphatic heterocycles. The molecule has 3 aromatic rings. The van der Waals surface area contributed by atoms with E-state index in [-0.39, 0.29) is 22.4 Å². The van der Waals surface area contributed by atoms with Gasteiger partial charge in [0, 0.05) is 17.4 Å². The Morgan fingerprint density at radius 1 is 0.933 bits per heavy atom. The molecule has 0 atom stereocenters. The molecule has 9 heteroatoms. The van der Waals surface area contributed by atoms with Gasteiger partial charge in [-0.05, 0) is 49.2 Å². The second kappa shape index (κ2) is 6.96. The fourth-order valence-electron chi connectivity index (χ4n) is 3.23.